The first-order chi connectivity index (χ1) is 10.4. The zero-order valence-electron chi connectivity index (χ0n) is 11.8. The molecule has 0 fully saturated rings. The fourth-order valence-electron chi connectivity index (χ4n) is 1.99. The van der Waals surface area contributed by atoms with Crippen molar-refractivity contribution in [3.63, 3.8) is 0 Å². The van der Waals surface area contributed by atoms with E-state index >= 15 is 0 Å². The average Bonchev–Trinajstić information content (AvgIpc) is 3.03. The maximum atomic E-state index is 14.0. The van der Waals surface area contributed by atoms with Crippen molar-refractivity contribution in [3.05, 3.63) is 53.4 Å². The Bertz CT molecular complexity index is 703. The van der Waals surface area contributed by atoms with Gasteiger partial charge in [-0.15, -0.1) is 0 Å². The van der Waals surface area contributed by atoms with Crippen molar-refractivity contribution in [1.29, 1.82) is 0 Å². The number of halogens is 2. The lowest BCUT2D eigenvalue weighted by Crippen LogP contribution is -2.50. The minimum atomic E-state index is -1.90. The molecule has 0 aliphatic heterocycles. The minimum Gasteiger partial charge on any atom is -0.467 e. The second-order valence-corrected chi connectivity index (χ2v) is 4.67. The maximum absolute atomic E-state index is 14.0. The van der Waals surface area contributed by atoms with E-state index in [1.165, 1.54) is 19.2 Å². The molecule has 8 heteroatoms. The quantitative estimate of drug-likeness (QED) is 0.838. The number of methoxy groups -OCH3 is 1. The van der Waals surface area contributed by atoms with Crippen LogP contribution in [0.2, 0.25) is 0 Å². The molecule has 2 N–H and O–H groups in total. The summed E-state index contributed by atoms with van der Waals surface area (Å²) in [4.78, 5) is 24.2. The van der Waals surface area contributed by atoms with Gasteiger partial charge in [0.15, 0.2) is 5.54 Å². The van der Waals surface area contributed by atoms with Crippen LogP contribution in [0.5, 0.6) is 0 Å². The number of benzene rings is 1. The molecule has 1 unspecified atom stereocenters. The fraction of sp³-hybridized carbons (Fsp3) is 0.214. The smallest absolute Gasteiger partial charge is 0.336 e. The van der Waals surface area contributed by atoms with Gasteiger partial charge in [0.2, 0.25) is 0 Å². The van der Waals surface area contributed by atoms with E-state index in [9.17, 15) is 18.4 Å². The molecule has 0 aliphatic rings. The fourth-order valence-corrected chi connectivity index (χ4v) is 1.99. The van der Waals surface area contributed by atoms with Crippen LogP contribution in [-0.2, 0) is 15.1 Å². The summed E-state index contributed by atoms with van der Waals surface area (Å²) in [6.07, 6.45) is 1.34. The number of rotatable bonds is 4. The van der Waals surface area contributed by atoms with Gasteiger partial charge >= 0.3 is 5.97 Å². The third-order valence-corrected chi connectivity index (χ3v) is 3.17. The van der Waals surface area contributed by atoms with Gasteiger partial charge in [0.05, 0.1) is 7.11 Å². The Hall–Kier alpha value is -2.77. The highest BCUT2D eigenvalue weighted by atomic mass is 19.1. The molecule has 0 saturated heterocycles. The first kappa shape index (κ1) is 15.6. The molecule has 0 radical (unpaired) electrons. The van der Waals surface area contributed by atoms with Gasteiger partial charge in [0.1, 0.15) is 17.3 Å². The van der Waals surface area contributed by atoms with Crippen molar-refractivity contribution >= 4 is 11.9 Å². The van der Waals surface area contributed by atoms with E-state index in [1.807, 2.05) is 0 Å². The molecule has 0 bridgehead atoms. The van der Waals surface area contributed by atoms with Crippen molar-refractivity contribution in [1.82, 2.24) is 15.5 Å². The first-order valence-electron chi connectivity index (χ1n) is 6.24. The Kier molecular flexibility index (Phi) is 4.20. The van der Waals surface area contributed by atoms with Crippen LogP contribution in [0.1, 0.15) is 23.0 Å². The number of hydrogen-bond acceptors (Lipinski definition) is 4. The number of esters is 1. The highest BCUT2D eigenvalue weighted by molar-refractivity contribution is 5.97. The van der Waals surface area contributed by atoms with Crippen LogP contribution in [0.4, 0.5) is 8.78 Å². The van der Waals surface area contributed by atoms with Crippen LogP contribution in [-0.4, -0.2) is 29.2 Å². The summed E-state index contributed by atoms with van der Waals surface area (Å²) >= 11 is 0. The van der Waals surface area contributed by atoms with Crippen molar-refractivity contribution in [2.24, 2.45) is 0 Å². The number of hydrogen-bond donors (Lipinski definition) is 2. The highest BCUT2D eigenvalue weighted by Crippen LogP contribution is 2.26. The molecule has 6 nitrogen and oxygen atoms in total. The number of amides is 1. The molecule has 1 amide bonds. The van der Waals surface area contributed by atoms with Crippen LogP contribution < -0.4 is 5.32 Å². The third-order valence-electron chi connectivity index (χ3n) is 3.17. The van der Waals surface area contributed by atoms with Crippen molar-refractivity contribution in [2.45, 2.75) is 12.5 Å². The van der Waals surface area contributed by atoms with Crippen LogP contribution in [0.15, 0.2) is 30.5 Å². The zero-order valence-corrected chi connectivity index (χ0v) is 11.8. The van der Waals surface area contributed by atoms with Crippen molar-refractivity contribution in [3.8, 4) is 0 Å². The average molecular weight is 309 g/mol. The molecule has 0 spiro atoms. The molecular weight excluding hydrogens is 296 g/mol. The number of carbonyl (C=O) groups excluding carboxylic acids is 2. The van der Waals surface area contributed by atoms with Gasteiger partial charge in [-0.1, -0.05) is 0 Å². The number of H-pyrrole nitrogens is 1. The van der Waals surface area contributed by atoms with Gasteiger partial charge < -0.3 is 10.1 Å². The predicted molar refractivity (Wildman–Crippen MR) is 71.8 cm³/mol. The Morgan fingerprint density at radius 2 is 2.05 bits per heavy atom. The largest absolute Gasteiger partial charge is 0.467 e. The van der Waals surface area contributed by atoms with Crippen LogP contribution >= 0.6 is 0 Å². The molecule has 2 rings (SSSR count). The van der Waals surface area contributed by atoms with Gasteiger partial charge in [-0.2, -0.15) is 5.10 Å². The molecule has 1 atom stereocenters. The Morgan fingerprint density at radius 3 is 2.64 bits per heavy atom. The lowest BCUT2D eigenvalue weighted by Gasteiger charge is -2.28. The van der Waals surface area contributed by atoms with Crippen LogP contribution in [0.25, 0.3) is 0 Å². The second kappa shape index (κ2) is 5.92. The van der Waals surface area contributed by atoms with E-state index in [1.54, 1.807) is 0 Å². The van der Waals surface area contributed by atoms with E-state index in [0.29, 0.717) is 0 Å². The minimum absolute atomic E-state index is 0.0620. The molecule has 2 aromatic rings. The van der Waals surface area contributed by atoms with Gasteiger partial charge in [-0.05, 0) is 31.2 Å². The normalized spacial score (nSPS) is 13.3. The summed E-state index contributed by atoms with van der Waals surface area (Å²) < 4.78 is 32.0. The Morgan fingerprint density at radius 1 is 1.32 bits per heavy atom. The lowest BCUT2D eigenvalue weighted by molar-refractivity contribution is -0.148. The lowest BCUT2D eigenvalue weighted by atomic mass is 9.91. The number of carbonyl (C=O) groups is 2. The molecular formula is C14H13F2N3O3. The summed E-state index contributed by atoms with van der Waals surface area (Å²) in [7, 11) is 1.08. The summed E-state index contributed by atoms with van der Waals surface area (Å²) in [5.41, 5.74) is -2.18. The number of nitrogens with one attached hydrogen (secondary N) is 2. The monoisotopic (exact) mass is 309 g/mol. The number of ether oxygens (including phenoxy) is 1. The second-order valence-electron chi connectivity index (χ2n) is 4.67. The third kappa shape index (κ3) is 2.80. The standard InChI is InChI=1S/C14H13F2N3O3/c1-14(13(21)22-2,9-7-8(15)3-4-10(9)16)18-12(20)11-5-6-17-19-11/h3-7H,1-2H3,(H,17,19)(H,18,20). The SMILES string of the molecule is COC(=O)C(C)(NC(=O)c1ccn[nH]1)c1cc(F)ccc1F. The van der Waals surface area contributed by atoms with E-state index in [2.05, 4.69) is 20.3 Å². The molecule has 1 aromatic carbocycles. The molecule has 1 aromatic heterocycles. The van der Waals surface area contributed by atoms with E-state index in [0.717, 1.165) is 25.3 Å². The van der Waals surface area contributed by atoms with Gasteiger partial charge in [0, 0.05) is 11.8 Å². The summed E-state index contributed by atoms with van der Waals surface area (Å²) in [5, 5.41) is 8.36. The van der Waals surface area contributed by atoms with Crippen LogP contribution in [0.3, 0.4) is 0 Å². The maximum Gasteiger partial charge on any atom is 0.336 e. The van der Waals surface area contributed by atoms with Crippen molar-refractivity contribution in [2.75, 3.05) is 7.11 Å². The van der Waals surface area contributed by atoms with Gasteiger partial charge in [-0.3, -0.25) is 9.89 Å². The van der Waals surface area contributed by atoms with E-state index in [4.69, 9.17) is 0 Å². The molecule has 22 heavy (non-hydrogen) atoms. The topological polar surface area (TPSA) is 84.1 Å². The first-order valence-corrected chi connectivity index (χ1v) is 6.24. The van der Waals surface area contributed by atoms with Gasteiger partial charge in [-0.25, -0.2) is 13.6 Å². The van der Waals surface area contributed by atoms with E-state index < -0.39 is 29.0 Å². The Balaban J connectivity index is 2.46. The predicted octanol–water partition coefficient (Wildman–Crippen LogP) is 1.51. The summed E-state index contributed by atoms with van der Waals surface area (Å²) in [6, 6.07) is 3.98. The van der Waals surface area contributed by atoms with Crippen molar-refractivity contribution < 1.29 is 23.1 Å². The summed E-state index contributed by atoms with van der Waals surface area (Å²) in [5.74, 6) is -3.25. The number of aromatic nitrogens is 2. The molecule has 0 saturated carbocycles. The highest BCUT2D eigenvalue weighted by Gasteiger charge is 2.41. The van der Waals surface area contributed by atoms with Gasteiger partial charge in [0.25, 0.3) is 5.91 Å². The van der Waals surface area contributed by atoms with Crippen LogP contribution in [0, 0.1) is 11.6 Å². The number of aromatic amines is 1. The molecule has 1 heterocycles. The molecule has 0 aliphatic carbocycles. The molecule has 116 valence electrons. The van der Waals surface area contributed by atoms with E-state index in [-0.39, 0.29) is 11.3 Å². The summed E-state index contributed by atoms with van der Waals surface area (Å²) in [6.45, 7) is 1.23. The zero-order chi connectivity index (χ0) is 16.3. The number of nitrogens with zero attached hydrogens (tertiary/aromatic N) is 1. The Labute approximate surface area is 124 Å².